The number of thioether (sulfide) groups is 1. The summed E-state index contributed by atoms with van der Waals surface area (Å²) in [5, 5.41) is 3.28. The van der Waals surface area contributed by atoms with Crippen molar-refractivity contribution in [2.24, 2.45) is 0 Å². The third-order valence-corrected chi connectivity index (χ3v) is 4.88. The van der Waals surface area contributed by atoms with Crippen LogP contribution in [0.3, 0.4) is 0 Å². The van der Waals surface area contributed by atoms with E-state index in [4.69, 9.17) is 4.74 Å². The number of rotatable bonds is 6. The summed E-state index contributed by atoms with van der Waals surface area (Å²) in [7, 11) is 0. The van der Waals surface area contributed by atoms with Crippen LogP contribution < -0.4 is 5.32 Å². The highest BCUT2D eigenvalue weighted by Gasteiger charge is 2.16. The van der Waals surface area contributed by atoms with Crippen LogP contribution in [0.1, 0.15) is 21.6 Å². The van der Waals surface area contributed by atoms with E-state index in [0.717, 1.165) is 16.5 Å². The van der Waals surface area contributed by atoms with Crippen molar-refractivity contribution in [2.45, 2.75) is 24.5 Å². The molecule has 2 aromatic carbocycles. The second-order valence-corrected chi connectivity index (χ2v) is 7.35. The van der Waals surface area contributed by atoms with Gasteiger partial charge >= 0.3 is 5.97 Å². The van der Waals surface area contributed by atoms with E-state index in [9.17, 15) is 18.4 Å². The Morgan fingerprint density at radius 2 is 1.90 bits per heavy atom. The zero-order valence-electron chi connectivity index (χ0n) is 15.7. The van der Waals surface area contributed by atoms with E-state index in [1.807, 2.05) is 25.1 Å². The first-order valence-corrected chi connectivity index (χ1v) is 9.60. The first-order chi connectivity index (χ1) is 13.8. The SMILES string of the molecule is Cc1ccc2nc(C)c(C(=O)OCC(=O)Nc3ccccc3SC(F)F)cc2c1. The van der Waals surface area contributed by atoms with Crippen LogP contribution >= 0.6 is 11.8 Å². The van der Waals surface area contributed by atoms with Crippen molar-refractivity contribution in [3.63, 3.8) is 0 Å². The summed E-state index contributed by atoms with van der Waals surface area (Å²) in [6, 6.07) is 13.6. The number of nitrogens with one attached hydrogen (secondary N) is 1. The van der Waals surface area contributed by atoms with Gasteiger partial charge in [-0.2, -0.15) is 8.78 Å². The molecule has 3 aromatic rings. The monoisotopic (exact) mass is 416 g/mol. The van der Waals surface area contributed by atoms with Crippen LogP contribution in [-0.4, -0.2) is 29.2 Å². The summed E-state index contributed by atoms with van der Waals surface area (Å²) >= 11 is 0.328. The number of carbonyl (C=O) groups excluding carboxylic acids is 2. The van der Waals surface area contributed by atoms with Gasteiger partial charge in [0.25, 0.3) is 11.7 Å². The van der Waals surface area contributed by atoms with E-state index >= 15 is 0 Å². The van der Waals surface area contributed by atoms with Gasteiger partial charge in [-0.05, 0) is 44.2 Å². The van der Waals surface area contributed by atoms with E-state index in [-0.39, 0.29) is 16.1 Å². The first-order valence-electron chi connectivity index (χ1n) is 8.72. The number of nitrogens with zero attached hydrogens (tertiary/aromatic N) is 1. The Kier molecular flexibility index (Phi) is 6.43. The number of aromatic nitrogens is 1. The van der Waals surface area contributed by atoms with Crippen LogP contribution in [0.5, 0.6) is 0 Å². The van der Waals surface area contributed by atoms with Gasteiger partial charge in [0.15, 0.2) is 6.61 Å². The molecule has 0 atom stereocenters. The minimum absolute atomic E-state index is 0.229. The van der Waals surface area contributed by atoms with Crippen molar-refractivity contribution in [1.29, 1.82) is 0 Å². The maximum absolute atomic E-state index is 12.6. The quantitative estimate of drug-likeness (QED) is 0.454. The normalized spacial score (nSPS) is 10.9. The molecule has 0 unspecified atom stereocenters. The lowest BCUT2D eigenvalue weighted by molar-refractivity contribution is -0.119. The summed E-state index contributed by atoms with van der Waals surface area (Å²) in [5.74, 6) is -3.91. The maximum atomic E-state index is 12.6. The summed E-state index contributed by atoms with van der Waals surface area (Å²) in [6.07, 6.45) is 0. The molecule has 8 heteroatoms. The lowest BCUT2D eigenvalue weighted by atomic mass is 10.1. The van der Waals surface area contributed by atoms with Gasteiger partial charge in [-0.1, -0.05) is 35.5 Å². The van der Waals surface area contributed by atoms with Crippen molar-refractivity contribution in [3.8, 4) is 0 Å². The molecule has 1 amide bonds. The number of para-hydroxylation sites is 1. The standard InChI is InChI=1S/C21H18F2N2O3S/c1-12-7-8-16-14(9-12)10-15(13(2)24-16)20(27)28-11-19(26)25-17-5-3-4-6-18(17)29-21(22)23/h3-10,21H,11H2,1-2H3,(H,25,26). The fourth-order valence-electron chi connectivity index (χ4n) is 2.76. The van der Waals surface area contributed by atoms with Crippen LogP contribution in [0.4, 0.5) is 14.5 Å². The van der Waals surface area contributed by atoms with Crippen LogP contribution in [-0.2, 0) is 9.53 Å². The van der Waals surface area contributed by atoms with E-state index in [1.54, 1.807) is 25.1 Å². The number of aryl methyl sites for hydroxylation is 2. The van der Waals surface area contributed by atoms with Crippen molar-refractivity contribution in [1.82, 2.24) is 4.98 Å². The van der Waals surface area contributed by atoms with Crippen LogP contribution in [0.15, 0.2) is 53.4 Å². The Morgan fingerprint density at radius 1 is 1.14 bits per heavy atom. The zero-order valence-corrected chi connectivity index (χ0v) is 16.6. The van der Waals surface area contributed by atoms with Gasteiger partial charge < -0.3 is 10.1 Å². The number of hydrogen-bond acceptors (Lipinski definition) is 5. The number of alkyl halides is 2. The van der Waals surface area contributed by atoms with Crippen molar-refractivity contribution >= 4 is 40.2 Å². The molecule has 29 heavy (non-hydrogen) atoms. The van der Waals surface area contributed by atoms with Gasteiger partial charge in [0.1, 0.15) is 0 Å². The lowest BCUT2D eigenvalue weighted by Crippen LogP contribution is -2.21. The second-order valence-electron chi connectivity index (χ2n) is 6.32. The van der Waals surface area contributed by atoms with Gasteiger partial charge in [0.05, 0.1) is 22.5 Å². The molecule has 0 spiro atoms. The molecule has 0 aliphatic carbocycles. The molecule has 0 fully saturated rings. The van der Waals surface area contributed by atoms with Gasteiger partial charge in [0, 0.05) is 10.3 Å². The third kappa shape index (κ3) is 5.29. The maximum Gasteiger partial charge on any atom is 0.340 e. The molecule has 1 aromatic heterocycles. The van der Waals surface area contributed by atoms with Crippen molar-refractivity contribution in [3.05, 3.63) is 65.4 Å². The minimum Gasteiger partial charge on any atom is -0.452 e. The first kappa shape index (κ1) is 20.7. The molecule has 0 aliphatic heterocycles. The number of amides is 1. The van der Waals surface area contributed by atoms with Gasteiger partial charge in [-0.3, -0.25) is 9.78 Å². The van der Waals surface area contributed by atoms with E-state index < -0.39 is 24.2 Å². The number of benzene rings is 2. The molecule has 5 nitrogen and oxygen atoms in total. The third-order valence-electron chi connectivity index (χ3n) is 4.09. The van der Waals surface area contributed by atoms with Crippen LogP contribution in [0.2, 0.25) is 0 Å². The summed E-state index contributed by atoms with van der Waals surface area (Å²) < 4.78 is 30.4. The molecule has 0 aliphatic rings. The van der Waals surface area contributed by atoms with E-state index in [2.05, 4.69) is 10.3 Å². The number of anilines is 1. The number of hydrogen-bond donors (Lipinski definition) is 1. The number of carbonyl (C=O) groups is 2. The fraction of sp³-hybridized carbons (Fsp3) is 0.190. The molecule has 1 heterocycles. The summed E-state index contributed by atoms with van der Waals surface area (Å²) in [4.78, 5) is 29.2. The van der Waals surface area contributed by atoms with Gasteiger partial charge in [-0.25, -0.2) is 4.79 Å². The fourth-order valence-corrected chi connectivity index (χ4v) is 3.36. The molecule has 0 saturated carbocycles. The Balaban J connectivity index is 1.67. The van der Waals surface area contributed by atoms with Crippen LogP contribution in [0, 0.1) is 13.8 Å². The molecule has 3 rings (SSSR count). The Hall–Kier alpha value is -3.00. The highest BCUT2D eigenvalue weighted by Crippen LogP contribution is 2.31. The molecule has 0 radical (unpaired) electrons. The number of ether oxygens (including phenoxy) is 1. The molecular weight excluding hydrogens is 398 g/mol. The molecule has 0 saturated heterocycles. The summed E-state index contributed by atoms with van der Waals surface area (Å²) in [5.41, 5.74) is 2.78. The minimum atomic E-state index is -2.61. The van der Waals surface area contributed by atoms with Crippen molar-refractivity contribution < 1.29 is 23.1 Å². The average Bonchev–Trinajstić information content (AvgIpc) is 2.67. The van der Waals surface area contributed by atoms with E-state index in [0.29, 0.717) is 17.5 Å². The highest BCUT2D eigenvalue weighted by molar-refractivity contribution is 7.99. The summed E-state index contributed by atoms with van der Waals surface area (Å²) in [6.45, 7) is 3.08. The molecule has 150 valence electrons. The van der Waals surface area contributed by atoms with Crippen LogP contribution in [0.25, 0.3) is 10.9 Å². The Morgan fingerprint density at radius 3 is 2.66 bits per heavy atom. The molecular formula is C21H18F2N2O3S. The predicted octanol–water partition coefficient (Wildman–Crippen LogP) is 4.96. The van der Waals surface area contributed by atoms with Gasteiger partial charge in [0.2, 0.25) is 0 Å². The van der Waals surface area contributed by atoms with Gasteiger partial charge in [-0.15, -0.1) is 0 Å². The smallest absolute Gasteiger partial charge is 0.340 e. The topological polar surface area (TPSA) is 68.3 Å². The zero-order chi connectivity index (χ0) is 21.0. The van der Waals surface area contributed by atoms with Crippen molar-refractivity contribution in [2.75, 3.05) is 11.9 Å². The number of fused-ring (bicyclic) bond motifs is 1. The Bertz CT molecular complexity index is 1070. The lowest BCUT2D eigenvalue weighted by Gasteiger charge is -2.11. The highest BCUT2D eigenvalue weighted by atomic mass is 32.2. The Labute approximate surface area is 170 Å². The average molecular weight is 416 g/mol. The molecule has 0 bridgehead atoms. The number of halogens is 2. The second kappa shape index (κ2) is 9.00. The van der Waals surface area contributed by atoms with E-state index in [1.165, 1.54) is 12.1 Å². The number of pyridine rings is 1. The predicted molar refractivity (Wildman–Crippen MR) is 108 cm³/mol. The molecule has 1 N–H and O–H groups in total. The largest absolute Gasteiger partial charge is 0.452 e. The number of esters is 1.